The highest BCUT2D eigenvalue weighted by Crippen LogP contribution is 2.25. The molecule has 2 N–H and O–H groups in total. The Morgan fingerprint density at radius 2 is 1.71 bits per heavy atom. The molecule has 0 aliphatic heterocycles. The Kier molecular flexibility index (Phi) is 5.30. The summed E-state index contributed by atoms with van der Waals surface area (Å²) >= 11 is 1.47. The second-order valence-electron chi connectivity index (χ2n) is 6.48. The summed E-state index contributed by atoms with van der Waals surface area (Å²) in [6.07, 6.45) is 0. The van der Waals surface area contributed by atoms with Crippen molar-refractivity contribution >= 4 is 33.4 Å². The van der Waals surface area contributed by atoms with E-state index in [1.807, 2.05) is 79.0 Å². The van der Waals surface area contributed by atoms with Crippen molar-refractivity contribution in [3.8, 4) is 0 Å². The molecule has 0 saturated heterocycles. The van der Waals surface area contributed by atoms with Crippen LogP contribution in [0.1, 0.15) is 34.6 Å². The predicted molar refractivity (Wildman–Crippen MR) is 114 cm³/mol. The number of benzene rings is 2. The number of nitrogens with zero attached hydrogens (tertiary/aromatic N) is 2. The lowest BCUT2D eigenvalue weighted by Gasteiger charge is -2.15. The second-order valence-corrected chi connectivity index (χ2v) is 7.39. The maximum Gasteiger partial charge on any atom is 0.271 e. The van der Waals surface area contributed by atoms with Crippen molar-refractivity contribution in [2.45, 2.75) is 19.5 Å². The smallest absolute Gasteiger partial charge is 0.271 e. The van der Waals surface area contributed by atoms with Gasteiger partial charge in [0, 0.05) is 6.54 Å². The maximum absolute atomic E-state index is 12.8. The molecule has 2 aromatic heterocycles. The Morgan fingerprint density at radius 3 is 2.46 bits per heavy atom. The molecule has 0 aliphatic carbocycles. The number of carbonyl (C=O) groups excluding carboxylic acids is 1. The maximum atomic E-state index is 12.8. The number of amides is 1. The summed E-state index contributed by atoms with van der Waals surface area (Å²) in [6.45, 7) is 2.51. The lowest BCUT2D eigenvalue weighted by molar-refractivity contribution is 0.0948. The number of anilines is 1. The third-order valence-corrected chi connectivity index (χ3v) is 5.37. The van der Waals surface area contributed by atoms with Gasteiger partial charge in [-0.25, -0.2) is 9.97 Å². The number of thiophene rings is 1. The van der Waals surface area contributed by atoms with E-state index in [2.05, 4.69) is 20.6 Å². The molecule has 0 unspecified atom stereocenters. The Labute approximate surface area is 167 Å². The topological polar surface area (TPSA) is 66.9 Å². The summed E-state index contributed by atoms with van der Waals surface area (Å²) in [4.78, 5) is 21.9. The van der Waals surface area contributed by atoms with Gasteiger partial charge in [0.15, 0.2) is 5.69 Å². The molecule has 4 aromatic rings. The minimum atomic E-state index is -0.200. The molecular formula is C22H20N4OS. The third kappa shape index (κ3) is 4.02. The van der Waals surface area contributed by atoms with Gasteiger partial charge in [0.1, 0.15) is 0 Å². The summed E-state index contributed by atoms with van der Waals surface area (Å²) in [5.41, 5.74) is 3.35. The molecule has 4 rings (SSSR count). The van der Waals surface area contributed by atoms with Crippen LogP contribution in [0.5, 0.6) is 0 Å². The molecule has 2 aromatic carbocycles. The van der Waals surface area contributed by atoms with E-state index in [0.29, 0.717) is 18.2 Å². The molecule has 6 heteroatoms. The van der Waals surface area contributed by atoms with Crippen molar-refractivity contribution in [2.75, 3.05) is 5.32 Å². The van der Waals surface area contributed by atoms with E-state index in [0.717, 1.165) is 21.3 Å². The normalized spacial score (nSPS) is 11.9. The van der Waals surface area contributed by atoms with Crippen LogP contribution in [0.15, 0.2) is 72.1 Å². The zero-order valence-electron chi connectivity index (χ0n) is 15.4. The van der Waals surface area contributed by atoms with E-state index in [4.69, 9.17) is 0 Å². The third-order valence-electron chi connectivity index (χ3n) is 4.46. The zero-order chi connectivity index (χ0) is 19.3. The monoisotopic (exact) mass is 388 g/mol. The van der Waals surface area contributed by atoms with E-state index in [1.54, 1.807) is 0 Å². The molecule has 5 nitrogen and oxygen atoms in total. The zero-order valence-corrected chi connectivity index (χ0v) is 16.2. The quantitative estimate of drug-likeness (QED) is 0.498. The number of hydrogen-bond acceptors (Lipinski definition) is 5. The lowest BCUT2D eigenvalue weighted by atomic mass is 10.1. The van der Waals surface area contributed by atoms with Gasteiger partial charge in [-0.15, -0.1) is 11.3 Å². The first-order chi connectivity index (χ1) is 13.7. The van der Waals surface area contributed by atoms with Gasteiger partial charge in [0.2, 0.25) is 5.95 Å². The van der Waals surface area contributed by atoms with Crippen LogP contribution in [0.2, 0.25) is 0 Å². The SMILES string of the molecule is C[C@H](Nc1nc(C(=O)NCc2ccccc2)c2sccc2n1)c1ccccc1. The van der Waals surface area contributed by atoms with Crippen LogP contribution in [0.4, 0.5) is 5.95 Å². The van der Waals surface area contributed by atoms with E-state index in [-0.39, 0.29) is 11.9 Å². The van der Waals surface area contributed by atoms with Gasteiger partial charge in [-0.1, -0.05) is 60.7 Å². The van der Waals surface area contributed by atoms with Crippen LogP contribution >= 0.6 is 11.3 Å². The number of hydrogen-bond donors (Lipinski definition) is 2. The highest BCUT2D eigenvalue weighted by molar-refractivity contribution is 7.17. The predicted octanol–water partition coefficient (Wildman–Crippen LogP) is 4.79. The number of aromatic nitrogens is 2. The van der Waals surface area contributed by atoms with Gasteiger partial charge in [0.25, 0.3) is 5.91 Å². The molecule has 0 bridgehead atoms. The number of carbonyl (C=O) groups is 1. The van der Waals surface area contributed by atoms with Gasteiger partial charge >= 0.3 is 0 Å². The van der Waals surface area contributed by atoms with E-state index >= 15 is 0 Å². The minimum Gasteiger partial charge on any atom is -0.348 e. The van der Waals surface area contributed by atoms with Gasteiger partial charge < -0.3 is 10.6 Å². The Balaban J connectivity index is 1.57. The molecule has 0 aliphatic rings. The minimum absolute atomic E-state index is 0.0255. The van der Waals surface area contributed by atoms with Crippen molar-refractivity contribution in [1.29, 1.82) is 0 Å². The van der Waals surface area contributed by atoms with Crippen molar-refractivity contribution in [3.05, 3.63) is 88.9 Å². The molecule has 2 heterocycles. The summed E-state index contributed by atoms with van der Waals surface area (Å²) < 4.78 is 0.795. The van der Waals surface area contributed by atoms with Gasteiger partial charge in [-0.05, 0) is 29.5 Å². The molecule has 0 spiro atoms. The van der Waals surface area contributed by atoms with Crippen molar-refractivity contribution in [2.24, 2.45) is 0 Å². The molecule has 140 valence electrons. The van der Waals surface area contributed by atoms with E-state index < -0.39 is 0 Å². The first-order valence-electron chi connectivity index (χ1n) is 9.09. The fraction of sp³-hybridized carbons (Fsp3) is 0.136. The van der Waals surface area contributed by atoms with Gasteiger partial charge in [-0.3, -0.25) is 4.79 Å². The lowest BCUT2D eigenvalue weighted by Crippen LogP contribution is -2.24. The van der Waals surface area contributed by atoms with Crippen LogP contribution in [0.3, 0.4) is 0 Å². The van der Waals surface area contributed by atoms with Crippen molar-refractivity contribution in [3.63, 3.8) is 0 Å². The fourth-order valence-electron chi connectivity index (χ4n) is 2.96. The summed E-state index contributed by atoms with van der Waals surface area (Å²) in [7, 11) is 0. The number of fused-ring (bicyclic) bond motifs is 1. The highest BCUT2D eigenvalue weighted by Gasteiger charge is 2.17. The average molecular weight is 388 g/mol. The fourth-order valence-corrected chi connectivity index (χ4v) is 3.78. The number of nitrogens with one attached hydrogen (secondary N) is 2. The van der Waals surface area contributed by atoms with Crippen LogP contribution in [-0.2, 0) is 6.54 Å². The van der Waals surface area contributed by atoms with Crippen LogP contribution in [-0.4, -0.2) is 15.9 Å². The molecule has 1 amide bonds. The molecule has 1 atom stereocenters. The Hall–Kier alpha value is -3.25. The van der Waals surface area contributed by atoms with Crippen molar-refractivity contribution < 1.29 is 4.79 Å². The second kappa shape index (κ2) is 8.19. The van der Waals surface area contributed by atoms with E-state index in [9.17, 15) is 4.79 Å². The van der Waals surface area contributed by atoms with Crippen LogP contribution in [0.25, 0.3) is 10.2 Å². The number of rotatable bonds is 6. The Bertz CT molecular complexity index is 1080. The van der Waals surface area contributed by atoms with Gasteiger partial charge in [-0.2, -0.15) is 0 Å². The summed E-state index contributed by atoms with van der Waals surface area (Å²) in [6, 6.07) is 21.8. The molecular weight excluding hydrogens is 368 g/mol. The van der Waals surface area contributed by atoms with Crippen molar-refractivity contribution in [1.82, 2.24) is 15.3 Å². The molecule has 0 fully saturated rings. The molecule has 28 heavy (non-hydrogen) atoms. The summed E-state index contributed by atoms with van der Waals surface area (Å²) in [5.74, 6) is 0.251. The van der Waals surface area contributed by atoms with Crippen LogP contribution in [0, 0.1) is 0 Å². The molecule has 0 saturated carbocycles. The first kappa shape index (κ1) is 18.1. The first-order valence-corrected chi connectivity index (χ1v) is 9.97. The summed E-state index contributed by atoms with van der Waals surface area (Å²) in [5, 5.41) is 8.20. The van der Waals surface area contributed by atoms with Crippen LogP contribution < -0.4 is 10.6 Å². The van der Waals surface area contributed by atoms with E-state index in [1.165, 1.54) is 11.3 Å². The highest BCUT2D eigenvalue weighted by atomic mass is 32.1. The average Bonchev–Trinajstić information content (AvgIpc) is 3.21. The molecule has 0 radical (unpaired) electrons. The largest absolute Gasteiger partial charge is 0.348 e. The van der Waals surface area contributed by atoms with Gasteiger partial charge in [0.05, 0.1) is 16.3 Å². The standard InChI is InChI=1S/C22H20N4OS/c1-15(17-10-6-3-7-11-17)24-22-25-18-12-13-28-20(18)19(26-22)21(27)23-14-16-8-4-2-5-9-16/h2-13,15H,14H2,1H3,(H,23,27)(H,24,25,26)/t15-/m0/s1. The Morgan fingerprint density at radius 1 is 1.00 bits per heavy atom.